The van der Waals surface area contributed by atoms with Crippen LogP contribution >= 0.6 is 11.6 Å². The number of halogens is 1. The van der Waals surface area contributed by atoms with Crippen LogP contribution in [0.15, 0.2) is 61.2 Å². The van der Waals surface area contributed by atoms with Crippen LogP contribution in [0.3, 0.4) is 0 Å². The molecule has 0 aliphatic rings. The van der Waals surface area contributed by atoms with Gasteiger partial charge < -0.3 is 4.74 Å². The maximum Gasteiger partial charge on any atom is 0.335 e. The zero-order valence-electron chi connectivity index (χ0n) is 10.5. The summed E-state index contributed by atoms with van der Waals surface area (Å²) in [6, 6.07) is 13.2. The van der Waals surface area contributed by atoms with Crippen LogP contribution in [0.5, 0.6) is 5.75 Å². The van der Waals surface area contributed by atoms with Crippen LogP contribution < -0.4 is 4.74 Å². The zero-order valence-corrected chi connectivity index (χ0v) is 11.3. The topological polar surface area (TPSA) is 43.4 Å². The highest BCUT2D eigenvalue weighted by Gasteiger charge is 2.17. The molecule has 0 fully saturated rings. The van der Waals surface area contributed by atoms with E-state index in [2.05, 4.69) is 6.58 Å². The molecule has 0 spiro atoms. The van der Waals surface area contributed by atoms with E-state index in [0.29, 0.717) is 10.6 Å². The number of rotatable bonds is 4. The number of hydrogen-bond acceptors (Lipinski definition) is 3. The summed E-state index contributed by atoms with van der Waals surface area (Å²) in [4.78, 5) is 23.7. The summed E-state index contributed by atoms with van der Waals surface area (Å²) in [6.45, 7) is 3.32. The van der Waals surface area contributed by atoms with Crippen LogP contribution in [-0.2, 0) is 4.79 Å². The molecule has 0 saturated heterocycles. The first-order valence-corrected chi connectivity index (χ1v) is 6.24. The first-order valence-electron chi connectivity index (χ1n) is 5.86. The van der Waals surface area contributed by atoms with Crippen molar-refractivity contribution in [2.24, 2.45) is 0 Å². The molecular formula is C16H11ClO3. The average Bonchev–Trinajstić information content (AvgIpc) is 2.47. The van der Waals surface area contributed by atoms with E-state index in [-0.39, 0.29) is 17.1 Å². The molecule has 0 aromatic heterocycles. The second kappa shape index (κ2) is 6.17. The van der Waals surface area contributed by atoms with Crippen molar-refractivity contribution in [3.8, 4) is 5.75 Å². The van der Waals surface area contributed by atoms with Gasteiger partial charge in [-0.15, -0.1) is 0 Å². The van der Waals surface area contributed by atoms with E-state index >= 15 is 0 Å². The fourth-order valence-electron chi connectivity index (χ4n) is 1.68. The molecule has 20 heavy (non-hydrogen) atoms. The van der Waals surface area contributed by atoms with Crippen LogP contribution in [0, 0.1) is 0 Å². The minimum absolute atomic E-state index is 0.183. The molecule has 3 nitrogen and oxygen atoms in total. The SMILES string of the molecule is C=CC(=O)Oc1ccccc1C(=O)c1ccccc1Cl. The second-order valence-electron chi connectivity index (χ2n) is 3.93. The predicted molar refractivity (Wildman–Crippen MR) is 77.2 cm³/mol. The lowest BCUT2D eigenvalue weighted by Gasteiger charge is -2.08. The molecule has 0 saturated carbocycles. The van der Waals surface area contributed by atoms with Gasteiger partial charge in [0.1, 0.15) is 5.75 Å². The molecule has 2 aromatic carbocycles. The maximum absolute atomic E-state index is 12.5. The Bertz CT molecular complexity index is 677. The molecule has 0 aliphatic carbocycles. The summed E-state index contributed by atoms with van der Waals surface area (Å²) < 4.78 is 5.06. The lowest BCUT2D eigenvalue weighted by Crippen LogP contribution is -2.09. The van der Waals surface area contributed by atoms with Gasteiger partial charge in [-0.25, -0.2) is 4.79 Å². The third-order valence-corrected chi connectivity index (χ3v) is 2.96. The molecule has 100 valence electrons. The number of para-hydroxylation sites is 1. The van der Waals surface area contributed by atoms with Crippen LogP contribution in [0.1, 0.15) is 15.9 Å². The average molecular weight is 287 g/mol. The van der Waals surface area contributed by atoms with Gasteiger partial charge in [0.2, 0.25) is 0 Å². The molecule has 0 heterocycles. The molecule has 0 amide bonds. The van der Waals surface area contributed by atoms with Gasteiger partial charge in [-0.1, -0.05) is 42.4 Å². The molecule has 0 atom stereocenters. The summed E-state index contributed by atoms with van der Waals surface area (Å²) in [5.74, 6) is -0.741. The predicted octanol–water partition coefficient (Wildman–Crippen LogP) is 3.66. The maximum atomic E-state index is 12.5. The van der Waals surface area contributed by atoms with Gasteiger partial charge in [0.25, 0.3) is 0 Å². The molecule has 0 unspecified atom stereocenters. The van der Waals surface area contributed by atoms with E-state index < -0.39 is 5.97 Å². The largest absolute Gasteiger partial charge is 0.423 e. The number of esters is 1. The summed E-state index contributed by atoms with van der Waals surface area (Å²) in [6.07, 6.45) is 1.04. The Morgan fingerprint density at radius 2 is 1.60 bits per heavy atom. The van der Waals surface area contributed by atoms with Crippen molar-refractivity contribution in [3.05, 3.63) is 77.3 Å². The smallest absolute Gasteiger partial charge is 0.335 e. The van der Waals surface area contributed by atoms with E-state index in [1.807, 2.05) is 0 Å². The van der Waals surface area contributed by atoms with Gasteiger partial charge in [-0.3, -0.25) is 4.79 Å². The van der Waals surface area contributed by atoms with Crippen LogP contribution in [0.25, 0.3) is 0 Å². The van der Waals surface area contributed by atoms with E-state index in [1.165, 1.54) is 0 Å². The monoisotopic (exact) mass is 286 g/mol. The minimum Gasteiger partial charge on any atom is -0.423 e. The van der Waals surface area contributed by atoms with Crippen LogP contribution in [0.2, 0.25) is 5.02 Å². The van der Waals surface area contributed by atoms with Crippen LogP contribution in [-0.4, -0.2) is 11.8 Å². The highest BCUT2D eigenvalue weighted by molar-refractivity contribution is 6.35. The molecule has 2 aromatic rings. The summed E-state index contributed by atoms with van der Waals surface area (Å²) in [5.41, 5.74) is 0.632. The lowest BCUT2D eigenvalue weighted by atomic mass is 10.0. The number of ether oxygens (including phenoxy) is 1. The Labute approximate surface area is 121 Å². The number of benzene rings is 2. The molecule has 0 aliphatic heterocycles. The van der Waals surface area contributed by atoms with Crippen molar-refractivity contribution in [2.45, 2.75) is 0 Å². The zero-order chi connectivity index (χ0) is 14.5. The normalized spacial score (nSPS) is 9.85. The van der Waals surface area contributed by atoms with Gasteiger partial charge in [0.15, 0.2) is 5.78 Å². The standard InChI is InChI=1S/C16H11ClO3/c1-2-15(18)20-14-10-6-4-8-12(14)16(19)11-7-3-5-9-13(11)17/h2-10H,1H2. The fraction of sp³-hybridized carbons (Fsp3) is 0. The van der Waals surface area contributed by atoms with Gasteiger partial charge in [0.05, 0.1) is 10.6 Å². The van der Waals surface area contributed by atoms with Gasteiger partial charge >= 0.3 is 5.97 Å². The summed E-state index contributed by atoms with van der Waals surface area (Å²) >= 11 is 6.01. The highest BCUT2D eigenvalue weighted by atomic mass is 35.5. The third kappa shape index (κ3) is 2.95. The molecular weight excluding hydrogens is 276 g/mol. The van der Waals surface area contributed by atoms with Crippen molar-refractivity contribution >= 4 is 23.4 Å². The Morgan fingerprint density at radius 1 is 1.00 bits per heavy atom. The molecule has 2 rings (SSSR count). The lowest BCUT2D eigenvalue weighted by molar-refractivity contribution is -0.128. The number of carbonyl (C=O) groups excluding carboxylic acids is 2. The fourth-order valence-corrected chi connectivity index (χ4v) is 1.91. The van der Waals surface area contributed by atoms with E-state index in [1.54, 1.807) is 48.5 Å². The van der Waals surface area contributed by atoms with E-state index in [9.17, 15) is 9.59 Å². The van der Waals surface area contributed by atoms with Crippen molar-refractivity contribution in [2.75, 3.05) is 0 Å². The first kappa shape index (κ1) is 14.0. The second-order valence-corrected chi connectivity index (χ2v) is 4.34. The number of carbonyl (C=O) groups is 2. The number of ketones is 1. The Kier molecular flexibility index (Phi) is 4.33. The van der Waals surface area contributed by atoms with Crippen molar-refractivity contribution in [3.63, 3.8) is 0 Å². The molecule has 0 bridgehead atoms. The summed E-state index contributed by atoms with van der Waals surface area (Å²) in [7, 11) is 0. The summed E-state index contributed by atoms with van der Waals surface area (Å²) in [5, 5.41) is 0.349. The van der Waals surface area contributed by atoms with Gasteiger partial charge in [0, 0.05) is 11.6 Å². The van der Waals surface area contributed by atoms with E-state index in [0.717, 1.165) is 6.08 Å². The molecule has 0 N–H and O–H groups in total. The van der Waals surface area contributed by atoms with Crippen molar-refractivity contribution in [1.82, 2.24) is 0 Å². The van der Waals surface area contributed by atoms with Gasteiger partial charge in [-0.05, 0) is 24.3 Å². The van der Waals surface area contributed by atoms with E-state index in [4.69, 9.17) is 16.3 Å². The first-order chi connectivity index (χ1) is 9.63. The minimum atomic E-state index is -0.621. The molecule has 0 radical (unpaired) electrons. The Balaban J connectivity index is 2.43. The molecule has 4 heteroatoms. The quantitative estimate of drug-likeness (QED) is 0.373. The Hall–Kier alpha value is -2.39. The third-order valence-electron chi connectivity index (χ3n) is 2.63. The number of hydrogen-bond donors (Lipinski definition) is 0. The highest BCUT2D eigenvalue weighted by Crippen LogP contribution is 2.25. The Morgan fingerprint density at radius 3 is 2.25 bits per heavy atom. The van der Waals surface area contributed by atoms with Crippen LogP contribution in [0.4, 0.5) is 0 Å². The van der Waals surface area contributed by atoms with Gasteiger partial charge in [-0.2, -0.15) is 0 Å². The van der Waals surface area contributed by atoms with Crippen molar-refractivity contribution in [1.29, 1.82) is 0 Å². The van der Waals surface area contributed by atoms with Crippen molar-refractivity contribution < 1.29 is 14.3 Å².